The molecule has 3 atom stereocenters. The fourth-order valence-electron chi connectivity index (χ4n) is 4.28. The van der Waals surface area contributed by atoms with E-state index in [1.165, 1.54) is 5.56 Å². The number of benzene rings is 2. The van der Waals surface area contributed by atoms with E-state index in [4.69, 9.17) is 15.2 Å². The van der Waals surface area contributed by atoms with Crippen LogP contribution in [-0.2, 0) is 11.2 Å². The number of amides is 1. The molecule has 142 valence electrons. The third kappa shape index (κ3) is 3.52. The highest BCUT2D eigenvalue weighted by atomic mass is 16.5. The molecule has 2 N–H and O–H groups in total. The van der Waals surface area contributed by atoms with Gasteiger partial charge in [-0.15, -0.1) is 0 Å². The van der Waals surface area contributed by atoms with Gasteiger partial charge in [-0.2, -0.15) is 0 Å². The lowest BCUT2D eigenvalue weighted by Crippen LogP contribution is -2.40. The van der Waals surface area contributed by atoms with Crippen molar-refractivity contribution >= 4 is 5.91 Å². The molecule has 1 amide bonds. The van der Waals surface area contributed by atoms with Crippen LogP contribution in [0.3, 0.4) is 0 Å². The Hall–Kier alpha value is -2.53. The largest absolute Gasteiger partial charge is 0.497 e. The standard InChI is InChI=1S/C22H26N2O3/c1-26-19-7-8-21-16(10-19)9-17(14-27-21)22(25)24-12-18(11-23)20(13-24)15-5-3-2-4-6-15/h2-8,10,17-18,20H,9,11-14,23H2,1H3/t17?,18-,20+/m1/s1. The molecule has 0 aliphatic carbocycles. The van der Waals surface area contributed by atoms with Crippen molar-refractivity contribution in [2.75, 3.05) is 33.4 Å². The van der Waals surface area contributed by atoms with Crippen molar-refractivity contribution in [2.45, 2.75) is 12.3 Å². The van der Waals surface area contributed by atoms with Gasteiger partial charge in [-0.05, 0) is 48.2 Å². The molecule has 0 saturated carbocycles. The van der Waals surface area contributed by atoms with Crippen LogP contribution < -0.4 is 15.2 Å². The summed E-state index contributed by atoms with van der Waals surface area (Å²) in [6.45, 7) is 2.46. The monoisotopic (exact) mass is 366 g/mol. The van der Waals surface area contributed by atoms with Crippen molar-refractivity contribution in [3.8, 4) is 11.5 Å². The lowest BCUT2D eigenvalue weighted by molar-refractivity contribution is -0.136. The molecule has 5 nitrogen and oxygen atoms in total. The molecule has 2 aliphatic rings. The minimum Gasteiger partial charge on any atom is -0.497 e. The van der Waals surface area contributed by atoms with Crippen molar-refractivity contribution in [3.05, 3.63) is 59.7 Å². The Balaban J connectivity index is 1.48. The van der Waals surface area contributed by atoms with Crippen LogP contribution in [0.15, 0.2) is 48.5 Å². The molecule has 1 fully saturated rings. The molecule has 5 heteroatoms. The van der Waals surface area contributed by atoms with Gasteiger partial charge in [0.15, 0.2) is 0 Å². The SMILES string of the molecule is COc1ccc2c(c1)CC(C(=O)N1C[C@@H](CN)[C@H](c3ccccc3)C1)CO2. The Kier molecular flexibility index (Phi) is 5.03. The molecule has 0 aromatic heterocycles. The van der Waals surface area contributed by atoms with Gasteiger partial charge in [0.2, 0.25) is 5.91 Å². The van der Waals surface area contributed by atoms with Crippen molar-refractivity contribution in [1.29, 1.82) is 0 Å². The van der Waals surface area contributed by atoms with Gasteiger partial charge in [0, 0.05) is 19.0 Å². The van der Waals surface area contributed by atoms with Gasteiger partial charge in [-0.25, -0.2) is 0 Å². The molecular formula is C22H26N2O3. The average Bonchev–Trinajstić information content (AvgIpc) is 3.17. The summed E-state index contributed by atoms with van der Waals surface area (Å²) in [6, 6.07) is 16.1. The fourth-order valence-corrected chi connectivity index (χ4v) is 4.28. The minimum absolute atomic E-state index is 0.155. The van der Waals surface area contributed by atoms with Gasteiger partial charge in [0.25, 0.3) is 0 Å². The second kappa shape index (κ2) is 7.61. The van der Waals surface area contributed by atoms with E-state index >= 15 is 0 Å². The van der Waals surface area contributed by atoms with Gasteiger partial charge in [0.1, 0.15) is 18.1 Å². The first-order valence-corrected chi connectivity index (χ1v) is 9.53. The van der Waals surface area contributed by atoms with E-state index in [2.05, 4.69) is 12.1 Å². The maximum Gasteiger partial charge on any atom is 0.229 e. The summed E-state index contributed by atoms with van der Waals surface area (Å²) in [5.74, 6) is 2.26. The number of nitrogens with two attached hydrogens (primary N) is 1. The molecular weight excluding hydrogens is 340 g/mol. The van der Waals surface area contributed by atoms with Crippen LogP contribution in [-0.4, -0.2) is 44.2 Å². The summed E-state index contributed by atoms with van der Waals surface area (Å²) in [5.41, 5.74) is 8.32. The lowest BCUT2D eigenvalue weighted by Gasteiger charge is -2.28. The normalized spacial score (nSPS) is 24.2. The first-order valence-electron chi connectivity index (χ1n) is 9.53. The molecule has 0 spiro atoms. The first kappa shape index (κ1) is 17.9. The molecule has 0 bridgehead atoms. The average molecular weight is 366 g/mol. The Bertz CT molecular complexity index is 808. The molecule has 27 heavy (non-hydrogen) atoms. The molecule has 2 aromatic rings. The summed E-state index contributed by atoms with van der Waals surface area (Å²) < 4.78 is 11.2. The van der Waals surface area contributed by atoms with Gasteiger partial charge in [0.05, 0.1) is 13.0 Å². The van der Waals surface area contributed by atoms with Crippen molar-refractivity contribution < 1.29 is 14.3 Å². The van der Waals surface area contributed by atoms with E-state index in [0.717, 1.165) is 30.2 Å². The fraction of sp³-hybridized carbons (Fsp3) is 0.409. The number of methoxy groups -OCH3 is 1. The molecule has 1 saturated heterocycles. The molecule has 2 aliphatic heterocycles. The van der Waals surface area contributed by atoms with Gasteiger partial charge in [-0.1, -0.05) is 30.3 Å². The van der Waals surface area contributed by atoms with Crippen LogP contribution in [0.1, 0.15) is 17.0 Å². The van der Waals surface area contributed by atoms with E-state index < -0.39 is 0 Å². The summed E-state index contributed by atoms with van der Waals surface area (Å²) in [6.07, 6.45) is 0.686. The molecule has 2 aromatic carbocycles. The predicted molar refractivity (Wildman–Crippen MR) is 104 cm³/mol. The molecule has 2 heterocycles. The zero-order chi connectivity index (χ0) is 18.8. The third-order valence-electron chi connectivity index (χ3n) is 5.81. The Morgan fingerprint density at radius 3 is 2.78 bits per heavy atom. The van der Waals surface area contributed by atoms with Gasteiger partial charge in [-0.3, -0.25) is 4.79 Å². The second-order valence-corrected chi connectivity index (χ2v) is 7.44. The van der Waals surface area contributed by atoms with Crippen LogP contribution in [0.5, 0.6) is 11.5 Å². The number of hydrogen-bond acceptors (Lipinski definition) is 4. The zero-order valence-corrected chi connectivity index (χ0v) is 15.6. The number of likely N-dealkylation sites (tertiary alicyclic amines) is 1. The Morgan fingerprint density at radius 1 is 1.22 bits per heavy atom. The predicted octanol–water partition coefficient (Wildman–Crippen LogP) is 2.45. The van der Waals surface area contributed by atoms with Crippen LogP contribution in [0.4, 0.5) is 0 Å². The van der Waals surface area contributed by atoms with Crippen molar-refractivity contribution in [1.82, 2.24) is 4.90 Å². The molecule has 4 rings (SSSR count). The van der Waals surface area contributed by atoms with Gasteiger partial charge < -0.3 is 20.1 Å². The van der Waals surface area contributed by atoms with Crippen molar-refractivity contribution in [3.63, 3.8) is 0 Å². The van der Waals surface area contributed by atoms with E-state index in [9.17, 15) is 4.79 Å². The smallest absolute Gasteiger partial charge is 0.229 e. The van der Waals surface area contributed by atoms with Crippen LogP contribution in [0.2, 0.25) is 0 Å². The van der Waals surface area contributed by atoms with Crippen LogP contribution in [0.25, 0.3) is 0 Å². The second-order valence-electron chi connectivity index (χ2n) is 7.44. The van der Waals surface area contributed by atoms with E-state index in [1.807, 2.05) is 41.3 Å². The summed E-state index contributed by atoms with van der Waals surface area (Å²) >= 11 is 0. The Labute approximate surface area is 160 Å². The number of ether oxygens (including phenoxy) is 2. The maximum absolute atomic E-state index is 13.2. The number of nitrogens with zero attached hydrogens (tertiary/aromatic N) is 1. The highest BCUT2D eigenvalue weighted by Gasteiger charge is 2.38. The quantitative estimate of drug-likeness (QED) is 0.903. The maximum atomic E-state index is 13.2. The van der Waals surface area contributed by atoms with Gasteiger partial charge >= 0.3 is 0 Å². The Morgan fingerprint density at radius 2 is 2.04 bits per heavy atom. The third-order valence-corrected chi connectivity index (χ3v) is 5.81. The number of hydrogen-bond donors (Lipinski definition) is 1. The highest BCUT2D eigenvalue weighted by molar-refractivity contribution is 5.80. The highest BCUT2D eigenvalue weighted by Crippen LogP contribution is 2.35. The van der Waals surface area contributed by atoms with E-state index in [0.29, 0.717) is 31.4 Å². The number of carbonyl (C=O) groups is 1. The van der Waals surface area contributed by atoms with Crippen LogP contribution >= 0.6 is 0 Å². The number of carbonyl (C=O) groups excluding carboxylic acids is 1. The number of fused-ring (bicyclic) bond motifs is 1. The summed E-state index contributed by atoms with van der Waals surface area (Å²) in [4.78, 5) is 15.2. The number of rotatable bonds is 4. The van der Waals surface area contributed by atoms with Crippen LogP contribution in [0, 0.1) is 11.8 Å². The van der Waals surface area contributed by atoms with E-state index in [1.54, 1.807) is 7.11 Å². The molecule has 0 radical (unpaired) electrons. The van der Waals surface area contributed by atoms with Crippen molar-refractivity contribution in [2.24, 2.45) is 17.6 Å². The molecule has 1 unspecified atom stereocenters. The minimum atomic E-state index is -0.155. The summed E-state index contributed by atoms with van der Waals surface area (Å²) in [5, 5.41) is 0. The topological polar surface area (TPSA) is 64.8 Å². The zero-order valence-electron chi connectivity index (χ0n) is 15.6. The van der Waals surface area contributed by atoms with E-state index in [-0.39, 0.29) is 11.8 Å². The lowest BCUT2D eigenvalue weighted by atomic mass is 9.89. The summed E-state index contributed by atoms with van der Waals surface area (Å²) in [7, 11) is 1.65. The first-order chi connectivity index (χ1) is 13.2.